The monoisotopic (exact) mass is 352 g/mol. The van der Waals surface area contributed by atoms with Gasteiger partial charge < -0.3 is 10.4 Å². The highest BCUT2D eigenvalue weighted by Crippen LogP contribution is 2.35. The standard InChI is InChI=1S/C20H20N2O2S/c1-14-7-9-15(10-8-14)19-17(13-18(24)21-11-12-23)22-20(25-19)16-5-3-2-4-6-16/h2-10,23H,11-13H2,1H3,(H,21,24). The van der Waals surface area contributed by atoms with Gasteiger partial charge in [0.25, 0.3) is 0 Å². The number of carbonyl (C=O) groups is 1. The van der Waals surface area contributed by atoms with Crippen LogP contribution in [0.3, 0.4) is 0 Å². The molecule has 0 spiro atoms. The van der Waals surface area contributed by atoms with Crippen molar-refractivity contribution >= 4 is 17.2 Å². The fraction of sp³-hybridized carbons (Fsp3) is 0.200. The van der Waals surface area contributed by atoms with Gasteiger partial charge in [0.05, 0.1) is 23.6 Å². The van der Waals surface area contributed by atoms with Crippen LogP contribution in [0.15, 0.2) is 54.6 Å². The average molecular weight is 352 g/mol. The van der Waals surface area contributed by atoms with Gasteiger partial charge >= 0.3 is 0 Å². The van der Waals surface area contributed by atoms with E-state index in [2.05, 4.69) is 36.5 Å². The predicted molar refractivity (Wildman–Crippen MR) is 102 cm³/mol. The van der Waals surface area contributed by atoms with E-state index >= 15 is 0 Å². The molecule has 4 nitrogen and oxygen atoms in total. The lowest BCUT2D eigenvalue weighted by Gasteiger charge is -2.04. The zero-order valence-electron chi connectivity index (χ0n) is 14.0. The Balaban J connectivity index is 1.97. The summed E-state index contributed by atoms with van der Waals surface area (Å²) in [6.45, 7) is 2.24. The number of hydrogen-bond acceptors (Lipinski definition) is 4. The van der Waals surface area contributed by atoms with Gasteiger partial charge in [-0.05, 0) is 12.5 Å². The fourth-order valence-corrected chi connectivity index (χ4v) is 3.61. The predicted octanol–water partition coefficient (Wildman–Crippen LogP) is 3.44. The summed E-state index contributed by atoms with van der Waals surface area (Å²) in [5.41, 5.74) is 4.07. The number of hydrogen-bond donors (Lipinski definition) is 2. The zero-order valence-corrected chi connectivity index (χ0v) is 14.8. The third-order valence-electron chi connectivity index (χ3n) is 3.79. The normalized spacial score (nSPS) is 10.6. The molecule has 3 rings (SSSR count). The molecule has 1 amide bonds. The number of benzene rings is 2. The van der Waals surface area contributed by atoms with Crippen LogP contribution >= 0.6 is 11.3 Å². The molecule has 0 aliphatic heterocycles. The molecule has 0 atom stereocenters. The van der Waals surface area contributed by atoms with E-state index in [1.165, 1.54) is 5.56 Å². The van der Waals surface area contributed by atoms with Crippen LogP contribution < -0.4 is 5.32 Å². The Kier molecular flexibility index (Phi) is 5.58. The van der Waals surface area contributed by atoms with Gasteiger partial charge in [-0.15, -0.1) is 11.3 Å². The summed E-state index contributed by atoms with van der Waals surface area (Å²) in [5, 5.41) is 12.5. The number of aliphatic hydroxyl groups is 1. The Hall–Kier alpha value is -2.50. The number of thiazole rings is 1. The minimum atomic E-state index is -0.132. The van der Waals surface area contributed by atoms with Crippen molar-refractivity contribution < 1.29 is 9.90 Å². The molecular formula is C20H20N2O2S. The van der Waals surface area contributed by atoms with Crippen LogP contribution in [0.5, 0.6) is 0 Å². The van der Waals surface area contributed by atoms with Crippen molar-refractivity contribution in [1.29, 1.82) is 0 Å². The van der Waals surface area contributed by atoms with Crippen LogP contribution in [0.25, 0.3) is 21.0 Å². The van der Waals surface area contributed by atoms with Crippen LogP contribution in [0.4, 0.5) is 0 Å². The molecule has 2 aromatic carbocycles. The summed E-state index contributed by atoms with van der Waals surface area (Å²) in [7, 11) is 0. The van der Waals surface area contributed by atoms with Crippen molar-refractivity contribution in [3.63, 3.8) is 0 Å². The minimum Gasteiger partial charge on any atom is -0.395 e. The number of rotatable bonds is 6. The number of aryl methyl sites for hydroxylation is 1. The summed E-state index contributed by atoms with van der Waals surface area (Å²) in [5.74, 6) is -0.132. The quantitative estimate of drug-likeness (QED) is 0.714. The van der Waals surface area contributed by atoms with Crippen LogP contribution in [0, 0.1) is 6.92 Å². The topological polar surface area (TPSA) is 62.2 Å². The van der Waals surface area contributed by atoms with Gasteiger partial charge in [0, 0.05) is 12.1 Å². The van der Waals surface area contributed by atoms with Gasteiger partial charge in [-0.2, -0.15) is 0 Å². The van der Waals surface area contributed by atoms with Crippen LogP contribution in [-0.4, -0.2) is 29.1 Å². The molecular weight excluding hydrogens is 332 g/mol. The molecule has 1 aromatic heterocycles. The first-order valence-corrected chi connectivity index (χ1v) is 8.99. The molecule has 1 heterocycles. The second kappa shape index (κ2) is 8.05. The zero-order chi connectivity index (χ0) is 17.6. The van der Waals surface area contributed by atoms with E-state index in [9.17, 15) is 4.79 Å². The molecule has 128 valence electrons. The number of amides is 1. The van der Waals surface area contributed by atoms with Crippen molar-refractivity contribution in [3.05, 3.63) is 65.9 Å². The average Bonchev–Trinajstić information content (AvgIpc) is 3.05. The second-order valence-corrected chi connectivity index (χ2v) is 6.78. The summed E-state index contributed by atoms with van der Waals surface area (Å²) in [6, 6.07) is 18.2. The molecule has 0 aliphatic rings. The number of aliphatic hydroxyl groups excluding tert-OH is 1. The van der Waals surface area contributed by atoms with E-state index in [0.717, 1.165) is 26.7 Å². The lowest BCUT2D eigenvalue weighted by Crippen LogP contribution is -2.28. The molecule has 2 N–H and O–H groups in total. The maximum atomic E-state index is 12.1. The Bertz CT molecular complexity index is 842. The molecule has 0 fully saturated rings. The summed E-state index contributed by atoms with van der Waals surface area (Å²) < 4.78 is 0. The highest BCUT2D eigenvalue weighted by molar-refractivity contribution is 7.18. The maximum Gasteiger partial charge on any atom is 0.226 e. The number of nitrogens with one attached hydrogen (secondary N) is 1. The molecule has 0 aliphatic carbocycles. The van der Waals surface area contributed by atoms with Gasteiger partial charge in [0.1, 0.15) is 5.01 Å². The third-order valence-corrected chi connectivity index (χ3v) is 4.99. The molecule has 0 unspecified atom stereocenters. The first-order chi connectivity index (χ1) is 12.2. The van der Waals surface area contributed by atoms with Gasteiger partial charge in [-0.3, -0.25) is 4.79 Å². The first kappa shape index (κ1) is 17.3. The van der Waals surface area contributed by atoms with Crippen molar-refractivity contribution in [3.8, 4) is 21.0 Å². The SMILES string of the molecule is Cc1ccc(-c2sc(-c3ccccc3)nc2CC(=O)NCCO)cc1. The van der Waals surface area contributed by atoms with Crippen LogP contribution in [0.2, 0.25) is 0 Å². The largest absolute Gasteiger partial charge is 0.395 e. The fourth-order valence-electron chi connectivity index (χ4n) is 2.52. The van der Waals surface area contributed by atoms with E-state index in [1.807, 2.05) is 30.3 Å². The number of carbonyl (C=O) groups excluding carboxylic acids is 1. The number of nitrogens with zero attached hydrogens (tertiary/aromatic N) is 1. The molecule has 3 aromatic rings. The highest BCUT2D eigenvalue weighted by atomic mass is 32.1. The van der Waals surface area contributed by atoms with E-state index < -0.39 is 0 Å². The van der Waals surface area contributed by atoms with E-state index in [-0.39, 0.29) is 25.5 Å². The van der Waals surface area contributed by atoms with Gasteiger partial charge in [0.2, 0.25) is 5.91 Å². The van der Waals surface area contributed by atoms with Crippen molar-refractivity contribution in [2.45, 2.75) is 13.3 Å². The third kappa shape index (κ3) is 4.32. The maximum absolute atomic E-state index is 12.1. The molecule has 0 radical (unpaired) electrons. The molecule has 0 bridgehead atoms. The Morgan fingerprint density at radius 3 is 2.48 bits per heavy atom. The smallest absolute Gasteiger partial charge is 0.226 e. The van der Waals surface area contributed by atoms with Crippen LogP contribution in [-0.2, 0) is 11.2 Å². The lowest BCUT2D eigenvalue weighted by molar-refractivity contribution is -0.120. The lowest BCUT2D eigenvalue weighted by atomic mass is 10.1. The summed E-state index contributed by atoms with van der Waals surface area (Å²) in [6.07, 6.45) is 0.201. The Morgan fingerprint density at radius 2 is 1.80 bits per heavy atom. The highest BCUT2D eigenvalue weighted by Gasteiger charge is 2.17. The van der Waals surface area contributed by atoms with Gasteiger partial charge in [-0.25, -0.2) is 4.98 Å². The summed E-state index contributed by atoms with van der Waals surface area (Å²) in [4.78, 5) is 17.8. The first-order valence-electron chi connectivity index (χ1n) is 8.17. The van der Waals surface area contributed by atoms with E-state index in [1.54, 1.807) is 11.3 Å². The Morgan fingerprint density at radius 1 is 1.08 bits per heavy atom. The number of aromatic nitrogens is 1. The second-order valence-electron chi connectivity index (χ2n) is 5.78. The molecule has 25 heavy (non-hydrogen) atoms. The van der Waals surface area contributed by atoms with E-state index in [4.69, 9.17) is 10.1 Å². The van der Waals surface area contributed by atoms with Gasteiger partial charge in [0.15, 0.2) is 0 Å². The van der Waals surface area contributed by atoms with Crippen molar-refractivity contribution in [2.75, 3.05) is 13.2 Å². The molecule has 0 saturated heterocycles. The van der Waals surface area contributed by atoms with Gasteiger partial charge in [-0.1, -0.05) is 60.2 Å². The summed E-state index contributed by atoms with van der Waals surface area (Å²) >= 11 is 1.60. The van der Waals surface area contributed by atoms with Crippen molar-refractivity contribution in [1.82, 2.24) is 10.3 Å². The van der Waals surface area contributed by atoms with Crippen LogP contribution in [0.1, 0.15) is 11.3 Å². The van der Waals surface area contributed by atoms with E-state index in [0.29, 0.717) is 0 Å². The Labute approximate surface area is 151 Å². The molecule has 0 saturated carbocycles. The minimum absolute atomic E-state index is 0.0666. The molecule has 5 heteroatoms. The van der Waals surface area contributed by atoms with Crippen molar-refractivity contribution in [2.24, 2.45) is 0 Å².